The van der Waals surface area contributed by atoms with Crippen molar-refractivity contribution in [3.8, 4) is 0 Å². The summed E-state index contributed by atoms with van der Waals surface area (Å²) in [4.78, 5) is 24.7. The minimum atomic E-state index is -0.481. The predicted octanol–water partition coefficient (Wildman–Crippen LogP) is 2.44. The second-order valence-electron chi connectivity index (χ2n) is 6.50. The number of hydrogen-bond acceptors (Lipinski definition) is 5. The summed E-state index contributed by atoms with van der Waals surface area (Å²) < 4.78 is 7.26. The van der Waals surface area contributed by atoms with Crippen LogP contribution in [0.2, 0.25) is 5.15 Å². The van der Waals surface area contributed by atoms with Gasteiger partial charge in [0.2, 0.25) is 0 Å². The normalized spacial score (nSPS) is 16.0. The van der Waals surface area contributed by atoms with E-state index in [0.29, 0.717) is 31.3 Å². The van der Waals surface area contributed by atoms with Gasteiger partial charge in [-0.2, -0.15) is 0 Å². The molecule has 8 heteroatoms. The van der Waals surface area contributed by atoms with Crippen LogP contribution in [-0.4, -0.2) is 57.1 Å². The molecule has 7 nitrogen and oxygen atoms in total. The van der Waals surface area contributed by atoms with Gasteiger partial charge in [0, 0.05) is 44.8 Å². The number of carbonyl (C=O) groups is 1. The number of carbonyl (C=O) groups excluding carboxylic acids is 1. The van der Waals surface area contributed by atoms with Gasteiger partial charge in [0.15, 0.2) is 11.5 Å². The van der Waals surface area contributed by atoms with Crippen molar-refractivity contribution in [3.05, 3.63) is 23.7 Å². The number of halogens is 1. The molecule has 1 aliphatic rings. The maximum absolute atomic E-state index is 12.1. The van der Waals surface area contributed by atoms with Gasteiger partial charge >= 0.3 is 6.09 Å². The zero-order valence-electron chi connectivity index (χ0n) is 13.5. The summed E-state index contributed by atoms with van der Waals surface area (Å²) in [5.74, 6) is 0.742. The maximum Gasteiger partial charge on any atom is 0.410 e. The number of hydrogen-bond donors (Lipinski definition) is 0. The van der Waals surface area contributed by atoms with Crippen molar-refractivity contribution >= 4 is 29.2 Å². The van der Waals surface area contributed by atoms with E-state index in [0.717, 1.165) is 11.5 Å². The Kier molecular flexibility index (Phi) is 4.06. The second kappa shape index (κ2) is 5.88. The van der Waals surface area contributed by atoms with Gasteiger partial charge < -0.3 is 18.9 Å². The van der Waals surface area contributed by atoms with Gasteiger partial charge in [-0.3, -0.25) is 0 Å². The van der Waals surface area contributed by atoms with E-state index in [4.69, 9.17) is 16.3 Å². The average molecular weight is 338 g/mol. The third kappa shape index (κ3) is 3.50. The Morgan fingerprint density at radius 1 is 1.26 bits per heavy atom. The van der Waals surface area contributed by atoms with E-state index < -0.39 is 5.60 Å². The van der Waals surface area contributed by atoms with Gasteiger partial charge in [0.1, 0.15) is 10.8 Å². The van der Waals surface area contributed by atoms with Crippen molar-refractivity contribution in [1.82, 2.24) is 19.3 Å². The molecule has 1 fully saturated rings. The zero-order valence-corrected chi connectivity index (χ0v) is 14.2. The molecule has 0 spiro atoms. The summed E-state index contributed by atoms with van der Waals surface area (Å²) in [6.45, 7) is 8.08. The molecule has 0 bridgehead atoms. The van der Waals surface area contributed by atoms with E-state index in [9.17, 15) is 4.79 Å². The number of amides is 1. The maximum atomic E-state index is 12.1. The molecule has 0 atom stereocenters. The lowest BCUT2D eigenvalue weighted by atomic mass is 10.2. The molecule has 3 heterocycles. The molecule has 0 aliphatic carbocycles. The number of nitrogens with zero attached hydrogens (tertiary/aromatic N) is 5. The van der Waals surface area contributed by atoms with Crippen LogP contribution in [0, 0.1) is 0 Å². The predicted molar refractivity (Wildman–Crippen MR) is 88.0 cm³/mol. The molecule has 23 heavy (non-hydrogen) atoms. The fourth-order valence-corrected chi connectivity index (χ4v) is 2.71. The van der Waals surface area contributed by atoms with Gasteiger partial charge in [0.25, 0.3) is 0 Å². The van der Waals surface area contributed by atoms with E-state index in [2.05, 4.69) is 14.9 Å². The molecule has 2 aromatic rings. The van der Waals surface area contributed by atoms with Crippen LogP contribution in [0.25, 0.3) is 5.65 Å². The lowest BCUT2D eigenvalue weighted by Gasteiger charge is -2.36. The Balaban J connectivity index is 1.71. The van der Waals surface area contributed by atoms with Gasteiger partial charge in [-0.15, -0.1) is 0 Å². The number of anilines is 1. The van der Waals surface area contributed by atoms with Crippen LogP contribution < -0.4 is 4.90 Å². The highest BCUT2D eigenvalue weighted by molar-refractivity contribution is 6.29. The fourth-order valence-electron chi connectivity index (χ4n) is 2.52. The van der Waals surface area contributed by atoms with E-state index in [1.165, 1.54) is 0 Å². The molecule has 1 aliphatic heterocycles. The Hall–Kier alpha value is -2.02. The van der Waals surface area contributed by atoms with Crippen molar-refractivity contribution in [3.63, 3.8) is 0 Å². The lowest BCUT2D eigenvalue weighted by Crippen LogP contribution is -2.50. The highest BCUT2D eigenvalue weighted by Gasteiger charge is 2.27. The number of rotatable bonds is 1. The third-order valence-electron chi connectivity index (χ3n) is 3.56. The van der Waals surface area contributed by atoms with E-state index in [1.807, 2.05) is 31.4 Å². The first-order valence-corrected chi connectivity index (χ1v) is 7.93. The Morgan fingerprint density at radius 2 is 1.96 bits per heavy atom. The molecule has 124 valence electrons. The van der Waals surface area contributed by atoms with Crippen LogP contribution in [0.4, 0.5) is 10.6 Å². The lowest BCUT2D eigenvalue weighted by molar-refractivity contribution is 0.0240. The standard InChI is InChI=1S/C15H20ClN5O2/c1-15(2,3)23-14(22)20-8-6-19(7-9-20)13-12-17-4-5-21(12)10-11(16)18-13/h4-5,10H,6-9H2,1-3H3. The van der Waals surface area contributed by atoms with Crippen LogP contribution in [0.15, 0.2) is 18.6 Å². The first kappa shape index (κ1) is 15.9. The largest absolute Gasteiger partial charge is 0.444 e. The van der Waals surface area contributed by atoms with Crippen LogP contribution in [0.1, 0.15) is 20.8 Å². The smallest absolute Gasteiger partial charge is 0.410 e. The molecule has 0 aromatic carbocycles. The van der Waals surface area contributed by atoms with Gasteiger partial charge in [0.05, 0.1) is 0 Å². The molecule has 0 unspecified atom stereocenters. The number of fused-ring (bicyclic) bond motifs is 1. The summed E-state index contributed by atoms with van der Waals surface area (Å²) in [6.07, 6.45) is 5.00. The van der Waals surface area contributed by atoms with Crippen LogP contribution in [-0.2, 0) is 4.74 Å². The Morgan fingerprint density at radius 3 is 2.61 bits per heavy atom. The number of ether oxygens (including phenoxy) is 1. The molecular formula is C15H20ClN5O2. The Labute approximate surface area is 139 Å². The minimum absolute atomic E-state index is 0.276. The summed E-state index contributed by atoms with van der Waals surface area (Å²) >= 11 is 6.08. The molecule has 1 amide bonds. The molecule has 2 aromatic heterocycles. The van der Waals surface area contributed by atoms with Gasteiger partial charge in [-0.25, -0.2) is 14.8 Å². The fraction of sp³-hybridized carbons (Fsp3) is 0.533. The van der Waals surface area contributed by atoms with Crippen LogP contribution >= 0.6 is 11.6 Å². The van der Waals surface area contributed by atoms with E-state index in [1.54, 1.807) is 17.3 Å². The molecule has 0 radical (unpaired) electrons. The number of aromatic nitrogens is 3. The van der Waals surface area contributed by atoms with Crippen molar-refractivity contribution < 1.29 is 9.53 Å². The van der Waals surface area contributed by atoms with Gasteiger partial charge in [-0.1, -0.05) is 11.6 Å². The van der Waals surface area contributed by atoms with Gasteiger partial charge in [-0.05, 0) is 20.8 Å². The van der Waals surface area contributed by atoms with Crippen molar-refractivity contribution in [2.24, 2.45) is 0 Å². The highest BCUT2D eigenvalue weighted by Crippen LogP contribution is 2.22. The Bertz CT molecular complexity index is 716. The van der Waals surface area contributed by atoms with Crippen LogP contribution in [0.5, 0.6) is 0 Å². The first-order valence-electron chi connectivity index (χ1n) is 7.55. The molecule has 1 saturated heterocycles. The van der Waals surface area contributed by atoms with Crippen molar-refractivity contribution in [1.29, 1.82) is 0 Å². The quantitative estimate of drug-likeness (QED) is 0.799. The highest BCUT2D eigenvalue weighted by atomic mass is 35.5. The third-order valence-corrected chi connectivity index (χ3v) is 3.74. The molecular weight excluding hydrogens is 318 g/mol. The van der Waals surface area contributed by atoms with Crippen LogP contribution in [0.3, 0.4) is 0 Å². The summed E-state index contributed by atoms with van der Waals surface area (Å²) in [7, 11) is 0. The van der Waals surface area contributed by atoms with E-state index in [-0.39, 0.29) is 6.09 Å². The molecule has 0 saturated carbocycles. The number of imidazole rings is 1. The zero-order chi connectivity index (χ0) is 16.6. The summed E-state index contributed by atoms with van der Waals surface area (Å²) in [5.41, 5.74) is 0.283. The van der Waals surface area contributed by atoms with Crippen molar-refractivity contribution in [2.75, 3.05) is 31.1 Å². The SMILES string of the molecule is CC(C)(C)OC(=O)N1CCN(c2nc(Cl)cn3ccnc23)CC1. The summed E-state index contributed by atoms with van der Waals surface area (Å²) in [5, 5.41) is 0.417. The topological polar surface area (TPSA) is 63.0 Å². The monoisotopic (exact) mass is 337 g/mol. The number of piperazine rings is 1. The second-order valence-corrected chi connectivity index (χ2v) is 6.89. The van der Waals surface area contributed by atoms with Crippen molar-refractivity contribution in [2.45, 2.75) is 26.4 Å². The average Bonchev–Trinajstić information content (AvgIpc) is 2.93. The minimum Gasteiger partial charge on any atom is -0.444 e. The van der Waals surface area contributed by atoms with E-state index >= 15 is 0 Å². The molecule has 3 rings (SSSR count). The molecule has 0 N–H and O–H groups in total. The first-order chi connectivity index (χ1) is 10.8. The summed E-state index contributed by atoms with van der Waals surface area (Å²) in [6, 6.07) is 0.